The summed E-state index contributed by atoms with van der Waals surface area (Å²) in [5, 5.41) is 36.0. The number of aryl methyl sites for hydroxylation is 2. The van der Waals surface area contributed by atoms with E-state index in [1.807, 2.05) is 11.3 Å². The van der Waals surface area contributed by atoms with Crippen LogP contribution >= 0.6 is 11.3 Å². The van der Waals surface area contributed by atoms with Crippen LogP contribution in [0.4, 0.5) is 0 Å². The molecule has 2 aliphatic heterocycles. The number of nitrogens with zero attached hydrogens (tertiary/aromatic N) is 2. The van der Waals surface area contributed by atoms with Gasteiger partial charge in [-0.05, 0) is 87.2 Å². The average Bonchev–Trinajstić information content (AvgIpc) is 3.67. The van der Waals surface area contributed by atoms with Gasteiger partial charge in [0.2, 0.25) is 0 Å². The van der Waals surface area contributed by atoms with Crippen molar-refractivity contribution in [3.05, 3.63) is 87.4 Å². The molecule has 11 heteroatoms. The first-order valence-corrected chi connectivity index (χ1v) is 15.9. The van der Waals surface area contributed by atoms with Crippen molar-refractivity contribution >= 4 is 29.2 Å². The van der Waals surface area contributed by atoms with E-state index in [2.05, 4.69) is 90.8 Å². The zero-order chi connectivity index (χ0) is 32.8. The second-order valence-corrected chi connectivity index (χ2v) is 13.6. The molecule has 242 valence electrons. The monoisotopic (exact) mass is 638 g/mol. The maximum absolute atomic E-state index is 10.3. The molecule has 0 amide bonds. The number of pyridine rings is 1. The van der Waals surface area contributed by atoms with Gasteiger partial charge in [0.25, 0.3) is 0 Å². The number of carboxylic acid groups (broad SMARTS) is 3. The highest BCUT2D eigenvalue weighted by Crippen LogP contribution is 2.52. The van der Waals surface area contributed by atoms with Crippen LogP contribution in [0.2, 0.25) is 0 Å². The number of aromatic nitrogens is 1. The third-order valence-corrected chi connectivity index (χ3v) is 10.0. The van der Waals surface area contributed by atoms with Gasteiger partial charge in [-0.15, -0.1) is 11.3 Å². The smallest absolute Gasteiger partial charge is 0.336 e. The predicted molar refractivity (Wildman–Crippen MR) is 169 cm³/mol. The minimum atomic E-state index is -2.74. The van der Waals surface area contributed by atoms with Crippen molar-refractivity contribution in [1.82, 2.24) is 9.88 Å². The summed E-state index contributed by atoms with van der Waals surface area (Å²) in [5.41, 5.74) is 2.58. The van der Waals surface area contributed by atoms with Crippen molar-refractivity contribution in [2.75, 3.05) is 19.7 Å². The van der Waals surface area contributed by atoms with E-state index >= 15 is 0 Å². The first-order chi connectivity index (χ1) is 21.3. The zero-order valence-electron chi connectivity index (χ0n) is 25.9. The largest absolute Gasteiger partial charge is 0.481 e. The lowest BCUT2D eigenvalue weighted by molar-refractivity contribution is -0.170. The van der Waals surface area contributed by atoms with Crippen molar-refractivity contribution in [3.8, 4) is 0 Å². The van der Waals surface area contributed by atoms with E-state index in [0.717, 1.165) is 44.7 Å². The predicted octanol–water partition coefficient (Wildman–Crippen LogP) is 5.08. The van der Waals surface area contributed by atoms with E-state index in [1.54, 1.807) is 0 Å². The van der Waals surface area contributed by atoms with Gasteiger partial charge in [-0.3, -0.25) is 19.5 Å². The minimum absolute atomic E-state index is 0.0560. The molecule has 0 saturated carbocycles. The molecule has 2 aliphatic rings. The Balaban J connectivity index is 0.000000302. The molecule has 5 rings (SSSR count). The van der Waals surface area contributed by atoms with Gasteiger partial charge >= 0.3 is 17.9 Å². The van der Waals surface area contributed by atoms with Crippen LogP contribution in [0, 0.1) is 12.3 Å². The molecule has 0 aliphatic carbocycles. The number of likely N-dealkylation sites (tertiary alicyclic amines) is 1. The summed E-state index contributed by atoms with van der Waals surface area (Å²) >= 11 is 1.88. The van der Waals surface area contributed by atoms with Crippen molar-refractivity contribution in [3.63, 3.8) is 0 Å². The second-order valence-electron chi connectivity index (χ2n) is 12.5. The van der Waals surface area contributed by atoms with Crippen LogP contribution in [0.25, 0.3) is 0 Å². The first kappa shape index (κ1) is 34.2. The molecule has 0 unspecified atom stereocenters. The van der Waals surface area contributed by atoms with Crippen LogP contribution in [0.15, 0.2) is 60.1 Å². The molecule has 10 nitrogen and oxygen atoms in total. The van der Waals surface area contributed by atoms with E-state index in [-0.39, 0.29) is 17.1 Å². The summed E-state index contributed by atoms with van der Waals surface area (Å²) in [4.78, 5) is 39.2. The number of benzene rings is 1. The standard InChI is InChI=1S/C28H34N2OS.C6H8O7/c1-21-10-11-23(19-29-21)27(2,3)30-16-15-28(20-30,14-12-24-8-6-18-32-24)26-25-9-5-4-7-22(25)13-17-31-26;7-3(8)1-6(13,5(11)12)2-4(9)10/h4-11,18-19,26H,12-17,20H2,1-3H3;13H,1-2H2,(H,7,8)(H,9,10)(H,11,12)/t26-,28-;/m1./s1. The number of carbonyl (C=O) groups is 3. The van der Waals surface area contributed by atoms with Crippen LogP contribution in [0.1, 0.15) is 72.9 Å². The second kappa shape index (κ2) is 14.2. The minimum Gasteiger partial charge on any atom is -0.481 e. The Morgan fingerprint density at radius 2 is 1.76 bits per heavy atom. The molecule has 3 aromatic rings. The van der Waals surface area contributed by atoms with E-state index in [0.29, 0.717) is 0 Å². The van der Waals surface area contributed by atoms with Crippen LogP contribution in [0.3, 0.4) is 0 Å². The molecule has 1 saturated heterocycles. The molecule has 2 aromatic heterocycles. The number of carboxylic acids is 3. The summed E-state index contributed by atoms with van der Waals surface area (Å²) in [6.07, 6.45) is 4.42. The molecular weight excluding hydrogens is 596 g/mol. The Hall–Kier alpha value is -3.64. The van der Waals surface area contributed by atoms with Gasteiger partial charge in [0.1, 0.15) is 0 Å². The van der Waals surface area contributed by atoms with E-state index < -0.39 is 36.4 Å². The van der Waals surface area contributed by atoms with Crippen LogP contribution in [0.5, 0.6) is 0 Å². The summed E-state index contributed by atoms with van der Waals surface area (Å²) in [6, 6.07) is 17.8. The van der Waals surface area contributed by atoms with Crippen LogP contribution in [-0.4, -0.2) is 73.5 Å². The molecular formula is C34H42N2O8S. The van der Waals surface area contributed by atoms with Crippen LogP contribution in [-0.2, 0) is 37.5 Å². The van der Waals surface area contributed by atoms with Gasteiger partial charge in [0.05, 0.1) is 25.6 Å². The number of rotatable bonds is 11. The molecule has 45 heavy (non-hydrogen) atoms. The number of hydrogen-bond donors (Lipinski definition) is 4. The third kappa shape index (κ3) is 8.15. The summed E-state index contributed by atoms with van der Waals surface area (Å²) in [6.45, 7) is 9.73. The summed E-state index contributed by atoms with van der Waals surface area (Å²) in [5.74, 6) is -5.02. The Morgan fingerprint density at radius 3 is 2.36 bits per heavy atom. The zero-order valence-corrected chi connectivity index (χ0v) is 26.8. The summed E-state index contributed by atoms with van der Waals surface area (Å²) < 4.78 is 6.61. The van der Waals surface area contributed by atoms with Gasteiger partial charge < -0.3 is 25.2 Å². The number of ether oxygens (including phenoxy) is 1. The Labute approximate surface area is 267 Å². The maximum atomic E-state index is 10.3. The van der Waals surface area contributed by atoms with Gasteiger partial charge in [-0.1, -0.05) is 36.4 Å². The van der Waals surface area contributed by atoms with Gasteiger partial charge in [0, 0.05) is 34.3 Å². The molecule has 1 aromatic carbocycles. The van der Waals surface area contributed by atoms with Crippen molar-refractivity contribution in [1.29, 1.82) is 0 Å². The Bertz CT molecular complexity index is 1460. The SMILES string of the molecule is Cc1ccc(C(C)(C)N2CC[C@@](CCc3cccs3)([C@@H]3OCCc4ccccc43)C2)cn1.O=C(O)CC(O)(CC(=O)O)C(=O)O. The van der Waals surface area contributed by atoms with Gasteiger partial charge in [0.15, 0.2) is 5.60 Å². The quantitative estimate of drug-likeness (QED) is 0.223. The molecule has 4 heterocycles. The highest BCUT2D eigenvalue weighted by Gasteiger charge is 2.50. The highest BCUT2D eigenvalue weighted by molar-refractivity contribution is 7.09. The third-order valence-electron chi connectivity index (χ3n) is 9.08. The Kier molecular flexibility index (Phi) is 10.8. The maximum Gasteiger partial charge on any atom is 0.336 e. The lowest BCUT2D eigenvalue weighted by Crippen LogP contribution is -2.43. The number of aliphatic hydroxyl groups is 1. The van der Waals surface area contributed by atoms with Gasteiger partial charge in [-0.2, -0.15) is 0 Å². The molecule has 4 N–H and O–H groups in total. The van der Waals surface area contributed by atoms with Crippen molar-refractivity contribution in [2.45, 2.75) is 76.5 Å². The Morgan fingerprint density at radius 1 is 1.04 bits per heavy atom. The lowest BCUT2D eigenvalue weighted by atomic mass is 9.72. The number of fused-ring (bicyclic) bond motifs is 1. The van der Waals surface area contributed by atoms with Crippen molar-refractivity contribution in [2.24, 2.45) is 5.41 Å². The molecule has 0 spiro atoms. The van der Waals surface area contributed by atoms with Gasteiger partial charge in [-0.25, -0.2) is 4.79 Å². The topological polar surface area (TPSA) is 157 Å². The summed E-state index contributed by atoms with van der Waals surface area (Å²) in [7, 11) is 0. The average molecular weight is 639 g/mol. The number of hydrogen-bond acceptors (Lipinski definition) is 8. The molecule has 1 fully saturated rings. The highest BCUT2D eigenvalue weighted by atomic mass is 32.1. The van der Waals surface area contributed by atoms with Crippen LogP contribution < -0.4 is 0 Å². The molecule has 2 atom stereocenters. The number of thiophene rings is 1. The molecule has 0 radical (unpaired) electrons. The normalized spacial score (nSPS) is 20.1. The fraction of sp³-hybridized carbons (Fsp3) is 0.471. The van der Waals surface area contributed by atoms with Crippen molar-refractivity contribution < 1.29 is 39.5 Å². The number of aliphatic carboxylic acids is 3. The fourth-order valence-electron chi connectivity index (χ4n) is 6.38. The van der Waals surface area contributed by atoms with E-state index in [4.69, 9.17) is 25.2 Å². The first-order valence-electron chi connectivity index (χ1n) is 15.1. The molecule has 0 bridgehead atoms. The fourth-order valence-corrected chi connectivity index (χ4v) is 7.09. The lowest BCUT2D eigenvalue weighted by Gasteiger charge is -2.43. The van der Waals surface area contributed by atoms with E-state index in [9.17, 15) is 14.4 Å². The van der Waals surface area contributed by atoms with E-state index in [1.165, 1.54) is 28.0 Å².